The number of nitrogens with zero attached hydrogens (tertiary/aromatic N) is 2. The molecule has 0 radical (unpaired) electrons. The van der Waals surface area contributed by atoms with Crippen molar-refractivity contribution in [2.45, 2.75) is 11.9 Å². The van der Waals surface area contributed by atoms with Gasteiger partial charge in [0.1, 0.15) is 0 Å². The van der Waals surface area contributed by atoms with Gasteiger partial charge < -0.3 is 9.67 Å². The molecule has 0 fully saturated rings. The molecule has 0 saturated heterocycles. The number of carboxylic acids is 1. The number of carboxylic acid groups (broad SMARTS) is 1. The second kappa shape index (κ2) is 4.97. The van der Waals surface area contributed by atoms with Crippen LogP contribution in [0.15, 0.2) is 35.7 Å². The number of benzene rings is 1. The summed E-state index contributed by atoms with van der Waals surface area (Å²) >= 11 is 0. The Balaban J connectivity index is 2.30. The number of hydrogen-bond donors (Lipinski definition) is 2. The molecule has 0 unspecified atom stereocenters. The van der Waals surface area contributed by atoms with Gasteiger partial charge in [-0.05, 0) is 30.7 Å². The predicted molar refractivity (Wildman–Crippen MR) is 72.2 cm³/mol. The largest absolute Gasteiger partial charge is 0.478 e. The molecule has 7 nitrogen and oxygen atoms in total. The molecule has 2 rings (SSSR count). The Labute approximate surface area is 115 Å². The Morgan fingerprint density at radius 2 is 2.10 bits per heavy atom. The maximum absolute atomic E-state index is 12.0. The minimum Gasteiger partial charge on any atom is -0.478 e. The highest BCUT2D eigenvalue weighted by Crippen LogP contribution is 2.18. The highest BCUT2D eigenvalue weighted by Gasteiger charge is 2.17. The quantitative estimate of drug-likeness (QED) is 0.883. The molecule has 0 amide bonds. The van der Waals surface area contributed by atoms with Crippen LogP contribution in [-0.2, 0) is 17.1 Å². The molecule has 0 aliphatic carbocycles. The van der Waals surface area contributed by atoms with Gasteiger partial charge in [0.25, 0.3) is 10.0 Å². The molecule has 8 heteroatoms. The summed E-state index contributed by atoms with van der Waals surface area (Å²) in [4.78, 5) is 14.7. The second-order valence-electron chi connectivity index (χ2n) is 4.32. The Morgan fingerprint density at radius 1 is 1.40 bits per heavy atom. The summed E-state index contributed by atoms with van der Waals surface area (Å²) in [5, 5.41) is 8.82. The molecular formula is C12H13N3O4S. The van der Waals surface area contributed by atoms with Crippen molar-refractivity contribution in [2.24, 2.45) is 7.05 Å². The van der Waals surface area contributed by atoms with Gasteiger partial charge in [0.2, 0.25) is 0 Å². The summed E-state index contributed by atoms with van der Waals surface area (Å²) in [6, 6.07) is 4.22. The van der Waals surface area contributed by atoms with Gasteiger partial charge in [0.05, 0.1) is 11.9 Å². The molecular weight excluding hydrogens is 282 g/mol. The zero-order valence-electron chi connectivity index (χ0n) is 10.9. The number of aromatic carboxylic acids is 1. The monoisotopic (exact) mass is 295 g/mol. The highest BCUT2D eigenvalue weighted by atomic mass is 32.2. The number of aryl methyl sites for hydroxylation is 2. The average Bonchev–Trinajstić information content (AvgIpc) is 2.75. The fourth-order valence-corrected chi connectivity index (χ4v) is 2.73. The number of carbonyl (C=O) groups is 1. The third kappa shape index (κ3) is 2.80. The maximum atomic E-state index is 12.0. The standard InChI is InChI=1S/C12H13N3O4S/c1-8-5-9(3-4-10(8)12(16)17)14-20(18,19)11-6-15(2)7-13-11/h3-7,14H,1-2H3,(H,16,17). The number of imidazole rings is 1. The summed E-state index contributed by atoms with van der Waals surface area (Å²) in [5.74, 6) is -1.05. The minimum atomic E-state index is -3.77. The van der Waals surface area contributed by atoms with Crippen molar-refractivity contribution >= 4 is 21.7 Å². The van der Waals surface area contributed by atoms with Gasteiger partial charge in [0, 0.05) is 18.9 Å². The summed E-state index contributed by atoms with van der Waals surface area (Å²) in [7, 11) is -2.11. The summed E-state index contributed by atoms with van der Waals surface area (Å²) in [6.45, 7) is 1.60. The number of aromatic nitrogens is 2. The van der Waals surface area contributed by atoms with Gasteiger partial charge in [-0.3, -0.25) is 4.72 Å². The third-order valence-electron chi connectivity index (χ3n) is 2.67. The molecule has 0 saturated carbocycles. The van der Waals surface area contributed by atoms with Crippen molar-refractivity contribution in [1.82, 2.24) is 9.55 Å². The van der Waals surface area contributed by atoms with Crippen LogP contribution in [0.3, 0.4) is 0 Å². The van der Waals surface area contributed by atoms with Gasteiger partial charge in [-0.1, -0.05) is 0 Å². The van der Waals surface area contributed by atoms with E-state index in [1.807, 2.05) is 0 Å². The van der Waals surface area contributed by atoms with E-state index in [0.29, 0.717) is 5.56 Å². The van der Waals surface area contributed by atoms with Gasteiger partial charge in [-0.15, -0.1) is 0 Å². The number of nitrogens with one attached hydrogen (secondary N) is 1. The molecule has 0 aliphatic rings. The topological polar surface area (TPSA) is 101 Å². The Morgan fingerprint density at radius 3 is 2.60 bits per heavy atom. The molecule has 2 N–H and O–H groups in total. The van der Waals surface area contributed by atoms with Crippen LogP contribution in [0.2, 0.25) is 0 Å². The van der Waals surface area contributed by atoms with Gasteiger partial charge in [0.15, 0.2) is 5.03 Å². The molecule has 0 atom stereocenters. The Kier molecular flexibility index (Phi) is 3.49. The van der Waals surface area contributed by atoms with Crippen molar-refractivity contribution in [1.29, 1.82) is 0 Å². The van der Waals surface area contributed by atoms with Gasteiger partial charge >= 0.3 is 5.97 Å². The number of rotatable bonds is 4. The fraction of sp³-hybridized carbons (Fsp3) is 0.167. The Hall–Kier alpha value is -2.35. The molecule has 0 bridgehead atoms. The lowest BCUT2D eigenvalue weighted by molar-refractivity contribution is 0.0696. The zero-order valence-corrected chi connectivity index (χ0v) is 11.7. The van der Waals surface area contributed by atoms with E-state index in [4.69, 9.17) is 5.11 Å². The first kappa shape index (κ1) is 14.1. The van der Waals surface area contributed by atoms with Crippen LogP contribution in [0, 0.1) is 6.92 Å². The van der Waals surface area contributed by atoms with Crippen LogP contribution in [0.25, 0.3) is 0 Å². The van der Waals surface area contributed by atoms with Crippen molar-refractivity contribution in [3.8, 4) is 0 Å². The van der Waals surface area contributed by atoms with Crippen LogP contribution >= 0.6 is 0 Å². The first-order valence-corrected chi connectivity index (χ1v) is 7.12. The molecule has 1 heterocycles. The molecule has 2 aromatic rings. The van der Waals surface area contributed by atoms with E-state index in [1.54, 1.807) is 14.0 Å². The van der Waals surface area contributed by atoms with E-state index in [1.165, 1.54) is 35.3 Å². The minimum absolute atomic E-state index is 0.0973. The summed E-state index contributed by atoms with van der Waals surface area (Å²) < 4.78 is 28.0. The number of anilines is 1. The first-order chi connectivity index (χ1) is 9.29. The van der Waals surface area contributed by atoms with E-state index >= 15 is 0 Å². The van der Waals surface area contributed by atoms with Crippen LogP contribution < -0.4 is 4.72 Å². The highest BCUT2D eigenvalue weighted by molar-refractivity contribution is 7.92. The molecule has 106 valence electrons. The van der Waals surface area contributed by atoms with Crippen molar-refractivity contribution in [3.05, 3.63) is 41.9 Å². The fourth-order valence-electron chi connectivity index (χ4n) is 1.70. The molecule has 0 aliphatic heterocycles. The maximum Gasteiger partial charge on any atom is 0.335 e. The lowest BCUT2D eigenvalue weighted by Crippen LogP contribution is -2.14. The summed E-state index contributed by atoms with van der Waals surface area (Å²) in [5.41, 5.74) is 0.891. The average molecular weight is 295 g/mol. The van der Waals surface area contributed by atoms with Gasteiger partial charge in [-0.25, -0.2) is 9.78 Å². The third-order valence-corrected chi connectivity index (χ3v) is 3.93. The van der Waals surface area contributed by atoms with Gasteiger partial charge in [-0.2, -0.15) is 8.42 Å². The number of hydrogen-bond acceptors (Lipinski definition) is 4. The van der Waals surface area contributed by atoms with Crippen molar-refractivity contribution < 1.29 is 18.3 Å². The molecule has 20 heavy (non-hydrogen) atoms. The second-order valence-corrected chi connectivity index (χ2v) is 5.95. The van der Waals surface area contributed by atoms with Crippen molar-refractivity contribution in [3.63, 3.8) is 0 Å². The molecule has 1 aromatic carbocycles. The van der Waals surface area contributed by atoms with Crippen molar-refractivity contribution in [2.75, 3.05) is 4.72 Å². The van der Waals surface area contributed by atoms with E-state index in [0.717, 1.165) is 0 Å². The van der Waals surface area contributed by atoms with E-state index in [2.05, 4.69) is 9.71 Å². The molecule has 1 aromatic heterocycles. The SMILES string of the molecule is Cc1cc(NS(=O)(=O)c2cn(C)cn2)ccc1C(=O)O. The normalized spacial score (nSPS) is 11.3. The summed E-state index contributed by atoms with van der Waals surface area (Å²) in [6.07, 6.45) is 2.76. The first-order valence-electron chi connectivity index (χ1n) is 5.64. The van der Waals surface area contributed by atoms with Crippen LogP contribution in [0.4, 0.5) is 5.69 Å². The predicted octanol–water partition coefficient (Wildman–Crippen LogP) is 1.23. The van der Waals surface area contributed by atoms with E-state index in [9.17, 15) is 13.2 Å². The smallest absolute Gasteiger partial charge is 0.335 e. The van der Waals surface area contributed by atoms with Crippen LogP contribution in [-0.4, -0.2) is 29.0 Å². The number of sulfonamides is 1. The zero-order chi connectivity index (χ0) is 14.9. The Bertz CT molecular complexity index is 765. The lowest BCUT2D eigenvalue weighted by Gasteiger charge is -2.08. The lowest BCUT2D eigenvalue weighted by atomic mass is 10.1. The van der Waals surface area contributed by atoms with E-state index in [-0.39, 0.29) is 16.3 Å². The molecule has 0 spiro atoms. The van der Waals surface area contributed by atoms with Crippen LogP contribution in [0.5, 0.6) is 0 Å². The van der Waals surface area contributed by atoms with Crippen LogP contribution in [0.1, 0.15) is 15.9 Å². The van der Waals surface area contributed by atoms with E-state index < -0.39 is 16.0 Å².